The molecule has 2 aliphatic rings. The summed E-state index contributed by atoms with van der Waals surface area (Å²) in [5, 5.41) is 25.8. The maximum Gasteiger partial charge on any atom is 0.282 e. The van der Waals surface area contributed by atoms with Gasteiger partial charge in [0.1, 0.15) is 0 Å². The van der Waals surface area contributed by atoms with Crippen LogP contribution in [0, 0.1) is 26.1 Å². The number of hydrogen-bond acceptors (Lipinski definition) is 7. The number of para-hydroxylation sites is 1. The fraction of sp³-hybridized carbons (Fsp3) is 0.269. The molecule has 5 rings (SSSR count). The zero-order valence-electron chi connectivity index (χ0n) is 19.2. The summed E-state index contributed by atoms with van der Waals surface area (Å²) in [4.78, 5) is 34.6. The molecule has 1 heterocycles. The van der Waals surface area contributed by atoms with Gasteiger partial charge in [-0.25, -0.2) is 0 Å². The lowest BCUT2D eigenvalue weighted by Crippen LogP contribution is -2.31. The minimum absolute atomic E-state index is 0.0175. The standard InChI is InChI=1S/C26H22ClN3O5S/c1-14(31)16-8-11-20-18(12-16)24-19(26(28-20)15-6-9-17(10-7-15)29(32)33)13-23(25(24)27)36-22-5-3-2-4-21(22)30(34)35/h2-12,19,23-26,28H,13H2,1H3/t19-,23-,24-,25-,26-/m0/s1. The SMILES string of the molecule is CC(=O)c1ccc2c(c1)[C@@H]1[C@@H](Cl)[C@@H](Sc3ccccc3[N+](=O)[O-])C[C@@H]1[C@H](c1ccc([N+](=O)[O-])cc1)N2. The van der Waals surface area contributed by atoms with Gasteiger partial charge in [0.2, 0.25) is 0 Å². The van der Waals surface area contributed by atoms with E-state index in [1.807, 2.05) is 12.1 Å². The molecule has 10 heteroatoms. The average molecular weight is 524 g/mol. The van der Waals surface area contributed by atoms with Gasteiger partial charge in [-0.3, -0.25) is 25.0 Å². The topological polar surface area (TPSA) is 115 Å². The lowest BCUT2D eigenvalue weighted by molar-refractivity contribution is -0.387. The average Bonchev–Trinajstić information content (AvgIpc) is 3.19. The van der Waals surface area contributed by atoms with Gasteiger partial charge >= 0.3 is 0 Å². The smallest absolute Gasteiger partial charge is 0.282 e. The second-order valence-electron chi connectivity index (χ2n) is 9.08. The van der Waals surface area contributed by atoms with Crippen molar-refractivity contribution >= 4 is 46.2 Å². The molecular weight excluding hydrogens is 502 g/mol. The number of Topliss-reactive ketones (excluding diaryl/α,β-unsaturated/α-hetero) is 1. The minimum atomic E-state index is -0.427. The lowest BCUT2D eigenvalue weighted by atomic mass is 9.76. The van der Waals surface area contributed by atoms with E-state index in [4.69, 9.17) is 11.6 Å². The number of nitrogens with zero attached hydrogens (tertiary/aromatic N) is 2. The highest BCUT2D eigenvalue weighted by atomic mass is 35.5. The Kier molecular flexibility index (Phi) is 6.44. The summed E-state index contributed by atoms with van der Waals surface area (Å²) in [6.45, 7) is 1.52. The second kappa shape index (κ2) is 9.55. The fourth-order valence-electron chi connectivity index (χ4n) is 5.34. The summed E-state index contributed by atoms with van der Waals surface area (Å²) in [6, 6.07) is 18.5. The number of nitro groups is 2. The van der Waals surface area contributed by atoms with E-state index in [0.717, 1.165) is 16.8 Å². The lowest BCUT2D eigenvalue weighted by Gasteiger charge is -2.38. The summed E-state index contributed by atoms with van der Waals surface area (Å²) in [6.07, 6.45) is 0.675. The van der Waals surface area contributed by atoms with E-state index in [-0.39, 0.29) is 50.6 Å². The van der Waals surface area contributed by atoms with E-state index >= 15 is 0 Å². The number of non-ortho nitro benzene ring substituents is 1. The number of carbonyl (C=O) groups is 1. The van der Waals surface area contributed by atoms with Crippen LogP contribution in [-0.4, -0.2) is 26.3 Å². The predicted molar refractivity (Wildman–Crippen MR) is 139 cm³/mol. The first-order valence-corrected chi connectivity index (χ1v) is 12.8. The highest BCUT2D eigenvalue weighted by Crippen LogP contribution is 2.58. The molecule has 0 aromatic heterocycles. The van der Waals surface area contributed by atoms with E-state index in [9.17, 15) is 25.0 Å². The van der Waals surface area contributed by atoms with Crippen LogP contribution in [0.15, 0.2) is 71.6 Å². The number of anilines is 1. The first kappa shape index (κ1) is 24.3. The van der Waals surface area contributed by atoms with Gasteiger partial charge in [-0.1, -0.05) is 24.3 Å². The van der Waals surface area contributed by atoms with E-state index in [1.54, 1.807) is 36.4 Å². The van der Waals surface area contributed by atoms with Gasteiger partial charge in [-0.2, -0.15) is 0 Å². The number of alkyl halides is 1. The molecule has 3 aromatic rings. The van der Waals surface area contributed by atoms with Crippen molar-refractivity contribution in [1.29, 1.82) is 0 Å². The van der Waals surface area contributed by atoms with E-state index in [2.05, 4.69) is 5.32 Å². The Morgan fingerprint density at radius 3 is 2.42 bits per heavy atom. The number of nitrogens with one attached hydrogen (secondary N) is 1. The number of nitro benzene ring substituents is 2. The quantitative estimate of drug-likeness (QED) is 0.164. The molecule has 0 spiro atoms. The third-order valence-electron chi connectivity index (χ3n) is 7.02. The van der Waals surface area contributed by atoms with Crippen molar-refractivity contribution in [3.63, 3.8) is 0 Å². The number of thioether (sulfide) groups is 1. The van der Waals surface area contributed by atoms with E-state index in [0.29, 0.717) is 16.9 Å². The van der Waals surface area contributed by atoms with Crippen LogP contribution in [0.1, 0.15) is 46.8 Å². The summed E-state index contributed by atoms with van der Waals surface area (Å²) >= 11 is 8.53. The number of ketones is 1. The summed E-state index contributed by atoms with van der Waals surface area (Å²) in [5.74, 6) is -0.131. The predicted octanol–water partition coefficient (Wildman–Crippen LogP) is 6.74. The molecule has 5 atom stereocenters. The molecule has 1 aliphatic carbocycles. The van der Waals surface area contributed by atoms with Gasteiger partial charge in [0.15, 0.2) is 5.78 Å². The van der Waals surface area contributed by atoms with Gasteiger partial charge < -0.3 is 5.32 Å². The number of rotatable bonds is 6. The highest BCUT2D eigenvalue weighted by Gasteiger charge is 2.50. The van der Waals surface area contributed by atoms with Crippen molar-refractivity contribution < 1.29 is 14.6 Å². The third-order valence-corrected chi connectivity index (χ3v) is 9.14. The van der Waals surface area contributed by atoms with Crippen molar-refractivity contribution in [1.82, 2.24) is 0 Å². The number of halogens is 1. The second-order valence-corrected chi connectivity index (χ2v) is 10.9. The normalized spacial score (nSPS) is 24.3. The van der Waals surface area contributed by atoms with Crippen molar-refractivity contribution in [3.05, 3.63) is 104 Å². The number of hydrogen-bond donors (Lipinski definition) is 1. The third kappa shape index (κ3) is 4.33. The fourth-order valence-corrected chi connectivity index (χ4v) is 7.28. The highest BCUT2D eigenvalue weighted by molar-refractivity contribution is 8.00. The molecule has 1 aliphatic heterocycles. The summed E-state index contributed by atoms with van der Waals surface area (Å²) < 4.78 is 0. The minimum Gasteiger partial charge on any atom is -0.378 e. The molecule has 0 radical (unpaired) electrons. The molecule has 184 valence electrons. The van der Waals surface area contributed by atoms with Crippen LogP contribution in [0.3, 0.4) is 0 Å². The van der Waals surface area contributed by atoms with Crippen LogP contribution in [0.2, 0.25) is 0 Å². The van der Waals surface area contributed by atoms with Crippen LogP contribution in [-0.2, 0) is 0 Å². The molecule has 1 N–H and O–H groups in total. The number of benzene rings is 3. The van der Waals surface area contributed by atoms with Crippen molar-refractivity contribution in [3.8, 4) is 0 Å². The Balaban J connectivity index is 1.55. The van der Waals surface area contributed by atoms with Crippen LogP contribution in [0.5, 0.6) is 0 Å². The Bertz CT molecular complexity index is 1370. The molecule has 1 saturated carbocycles. The maximum atomic E-state index is 12.1. The summed E-state index contributed by atoms with van der Waals surface area (Å²) in [7, 11) is 0. The summed E-state index contributed by atoms with van der Waals surface area (Å²) in [5.41, 5.74) is 3.39. The molecule has 36 heavy (non-hydrogen) atoms. The molecule has 0 unspecified atom stereocenters. The first-order valence-electron chi connectivity index (χ1n) is 11.4. The maximum absolute atomic E-state index is 12.1. The van der Waals surface area contributed by atoms with Crippen LogP contribution >= 0.6 is 23.4 Å². The van der Waals surface area contributed by atoms with E-state index in [1.165, 1.54) is 36.9 Å². The zero-order valence-corrected chi connectivity index (χ0v) is 20.7. The van der Waals surface area contributed by atoms with Gasteiger partial charge in [0.05, 0.1) is 26.2 Å². The molecular formula is C26H22ClN3O5S. The Hall–Kier alpha value is -3.43. The van der Waals surface area contributed by atoms with Gasteiger partial charge in [-0.05, 0) is 54.7 Å². The Morgan fingerprint density at radius 1 is 1.03 bits per heavy atom. The molecule has 3 aromatic carbocycles. The molecule has 0 amide bonds. The van der Waals surface area contributed by atoms with E-state index < -0.39 is 4.92 Å². The van der Waals surface area contributed by atoms with Crippen LogP contribution < -0.4 is 5.32 Å². The van der Waals surface area contributed by atoms with Gasteiger partial charge in [0, 0.05) is 40.6 Å². The molecule has 0 saturated heterocycles. The van der Waals surface area contributed by atoms with Crippen molar-refractivity contribution in [2.24, 2.45) is 5.92 Å². The molecule has 8 nitrogen and oxygen atoms in total. The van der Waals surface area contributed by atoms with Crippen molar-refractivity contribution in [2.75, 3.05) is 5.32 Å². The number of fused-ring (bicyclic) bond motifs is 3. The zero-order chi connectivity index (χ0) is 25.6. The molecule has 1 fully saturated rings. The Labute approximate surface area is 216 Å². The number of carbonyl (C=O) groups excluding carboxylic acids is 1. The molecule has 0 bridgehead atoms. The van der Waals surface area contributed by atoms with Crippen LogP contribution in [0.25, 0.3) is 0 Å². The Morgan fingerprint density at radius 2 is 1.75 bits per heavy atom. The van der Waals surface area contributed by atoms with Crippen LogP contribution in [0.4, 0.5) is 17.1 Å². The van der Waals surface area contributed by atoms with Gasteiger partial charge in [0.25, 0.3) is 11.4 Å². The van der Waals surface area contributed by atoms with Gasteiger partial charge in [-0.15, -0.1) is 23.4 Å². The largest absolute Gasteiger partial charge is 0.378 e. The van der Waals surface area contributed by atoms with Crippen molar-refractivity contribution in [2.45, 2.75) is 40.8 Å². The first-order chi connectivity index (χ1) is 17.2. The monoisotopic (exact) mass is 523 g/mol.